The van der Waals surface area contributed by atoms with Crippen molar-refractivity contribution >= 4 is 29.3 Å². The fourth-order valence-corrected chi connectivity index (χ4v) is 4.35. The largest absolute Gasteiger partial charge is 0.352 e. The number of hydrogen-bond donors (Lipinski definition) is 1. The number of halogens is 1. The molecule has 1 aliphatic carbocycles. The Kier molecular flexibility index (Phi) is 6.58. The number of hydrogen-bond acceptors (Lipinski definition) is 4. The maximum absolute atomic E-state index is 13.1. The van der Waals surface area contributed by atoms with Gasteiger partial charge in [-0.15, -0.1) is 0 Å². The van der Waals surface area contributed by atoms with E-state index in [9.17, 15) is 14.4 Å². The molecule has 3 aliphatic rings. The Hall–Kier alpha value is -2.12. The van der Waals surface area contributed by atoms with E-state index >= 15 is 0 Å². The Labute approximate surface area is 182 Å². The number of benzene rings is 1. The lowest BCUT2D eigenvalue weighted by molar-refractivity contribution is -0.138. The van der Waals surface area contributed by atoms with Gasteiger partial charge in [0, 0.05) is 55.9 Å². The normalized spacial score (nSPS) is 22.6. The fraction of sp³-hybridized carbons (Fsp3) is 0.591. The van der Waals surface area contributed by atoms with Crippen molar-refractivity contribution in [3.8, 4) is 0 Å². The van der Waals surface area contributed by atoms with E-state index in [1.807, 2.05) is 4.90 Å². The molecule has 4 rings (SSSR count). The minimum Gasteiger partial charge on any atom is -0.352 e. The van der Waals surface area contributed by atoms with E-state index in [-0.39, 0.29) is 23.6 Å². The van der Waals surface area contributed by atoms with Crippen LogP contribution in [0.15, 0.2) is 24.3 Å². The van der Waals surface area contributed by atoms with Crippen LogP contribution in [0.2, 0.25) is 5.02 Å². The van der Waals surface area contributed by atoms with Crippen molar-refractivity contribution in [2.45, 2.75) is 31.7 Å². The first-order valence-electron chi connectivity index (χ1n) is 10.8. The second-order valence-electron chi connectivity index (χ2n) is 8.54. The Morgan fingerprint density at radius 3 is 2.30 bits per heavy atom. The maximum atomic E-state index is 13.1. The lowest BCUT2D eigenvalue weighted by Crippen LogP contribution is -2.54. The number of nitrogens with zero attached hydrogens (tertiary/aromatic N) is 3. The van der Waals surface area contributed by atoms with Gasteiger partial charge in [0.25, 0.3) is 5.91 Å². The zero-order valence-electron chi connectivity index (χ0n) is 17.2. The molecule has 2 aliphatic heterocycles. The number of piperidine rings is 1. The summed E-state index contributed by atoms with van der Waals surface area (Å²) >= 11 is 5.92. The van der Waals surface area contributed by atoms with Crippen LogP contribution in [0.5, 0.6) is 0 Å². The zero-order valence-corrected chi connectivity index (χ0v) is 17.9. The number of carbonyl (C=O) groups excluding carboxylic acids is 3. The minimum atomic E-state index is -0.153. The summed E-state index contributed by atoms with van der Waals surface area (Å²) in [5.41, 5.74) is 0.602. The standard InChI is InChI=1S/C22H29ClN4O3/c23-18-5-3-16(4-6-18)21(29)27-9-1-2-17(14-27)22(30)26-12-10-25(11-13-26)15-20(28)24-19-7-8-19/h3-6,17,19H,1-2,7-15H2,(H,24,28). The number of amides is 3. The minimum absolute atomic E-state index is 0.0457. The van der Waals surface area contributed by atoms with Crippen molar-refractivity contribution in [2.24, 2.45) is 5.92 Å². The molecule has 8 heteroatoms. The molecular weight excluding hydrogens is 404 g/mol. The molecule has 1 N–H and O–H groups in total. The van der Waals surface area contributed by atoms with Gasteiger partial charge in [-0.2, -0.15) is 0 Å². The molecular formula is C22H29ClN4O3. The summed E-state index contributed by atoms with van der Waals surface area (Å²) in [4.78, 5) is 43.6. The van der Waals surface area contributed by atoms with Crippen LogP contribution >= 0.6 is 11.6 Å². The van der Waals surface area contributed by atoms with Gasteiger partial charge in [-0.1, -0.05) is 11.6 Å². The van der Waals surface area contributed by atoms with E-state index in [2.05, 4.69) is 10.2 Å². The van der Waals surface area contributed by atoms with Gasteiger partial charge in [-0.25, -0.2) is 0 Å². The second-order valence-corrected chi connectivity index (χ2v) is 8.98. The van der Waals surface area contributed by atoms with Gasteiger partial charge in [0.2, 0.25) is 11.8 Å². The first kappa shape index (κ1) is 21.1. The molecule has 162 valence electrons. The van der Waals surface area contributed by atoms with Gasteiger partial charge < -0.3 is 15.1 Å². The summed E-state index contributed by atoms with van der Waals surface area (Å²) in [6.07, 6.45) is 3.82. The average molecular weight is 433 g/mol. The summed E-state index contributed by atoms with van der Waals surface area (Å²) in [7, 11) is 0. The molecule has 2 saturated heterocycles. The third kappa shape index (κ3) is 5.32. The van der Waals surface area contributed by atoms with Gasteiger partial charge in [0.15, 0.2) is 0 Å². The highest BCUT2D eigenvalue weighted by Gasteiger charge is 2.33. The van der Waals surface area contributed by atoms with Crippen molar-refractivity contribution in [1.82, 2.24) is 20.0 Å². The summed E-state index contributed by atoms with van der Waals surface area (Å²) in [6.45, 7) is 4.24. The van der Waals surface area contributed by atoms with Crippen LogP contribution in [0.25, 0.3) is 0 Å². The first-order chi connectivity index (χ1) is 14.5. The molecule has 30 heavy (non-hydrogen) atoms. The van der Waals surface area contributed by atoms with Crippen LogP contribution in [-0.4, -0.2) is 84.3 Å². The predicted molar refractivity (Wildman–Crippen MR) is 114 cm³/mol. The second kappa shape index (κ2) is 9.35. The van der Waals surface area contributed by atoms with Crippen LogP contribution in [-0.2, 0) is 9.59 Å². The smallest absolute Gasteiger partial charge is 0.253 e. The van der Waals surface area contributed by atoms with Crippen molar-refractivity contribution in [2.75, 3.05) is 45.8 Å². The first-order valence-corrected chi connectivity index (χ1v) is 11.2. The van der Waals surface area contributed by atoms with E-state index < -0.39 is 0 Å². The number of nitrogens with one attached hydrogen (secondary N) is 1. The maximum Gasteiger partial charge on any atom is 0.253 e. The van der Waals surface area contributed by atoms with E-state index in [1.54, 1.807) is 29.2 Å². The molecule has 1 unspecified atom stereocenters. The molecule has 1 atom stereocenters. The highest BCUT2D eigenvalue weighted by atomic mass is 35.5. The Morgan fingerprint density at radius 2 is 1.63 bits per heavy atom. The van der Waals surface area contributed by atoms with E-state index in [4.69, 9.17) is 11.6 Å². The molecule has 0 bridgehead atoms. The van der Waals surface area contributed by atoms with Crippen molar-refractivity contribution in [3.63, 3.8) is 0 Å². The summed E-state index contributed by atoms with van der Waals surface area (Å²) < 4.78 is 0. The lowest BCUT2D eigenvalue weighted by atomic mass is 9.95. The Morgan fingerprint density at radius 1 is 0.933 bits per heavy atom. The van der Waals surface area contributed by atoms with Gasteiger partial charge in [0.1, 0.15) is 0 Å². The summed E-state index contributed by atoms with van der Waals surface area (Å²) in [6, 6.07) is 7.27. The molecule has 0 aromatic heterocycles. The van der Waals surface area contributed by atoms with Crippen LogP contribution in [0, 0.1) is 5.92 Å². The highest BCUT2D eigenvalue weighted by molar-refractivity contribution is 6.30. The average Bonchev–Trinajstić information content (AvgIpc) is 3.58. The third-order valence-electron chi connectivity index (χ3n) is 6.14. The topological polar surface area (TPSA) is 73.0 Å². The van der Waals surface area contributed by atoms with Gasteiger partial charge in [-0.3, -0.25) is 19.3 Å². The van der Waals surface area contributed by atoms with Crippen LogP contribution in [0.1, 0.15) is 36.0 Å². The monoisotopic (exact) mass is 432 g/mol. The Bertz CT molecular complexity index is 788. The molecule has 1 aromatic carbocycles. The predicted octanol–water partition coefficient (Wildman–Crippen LogP) is 1.62. The lowest BCUT2D eigenvalue weighted by Gasteiger charge is -2.38. The van der Waals surface area contributed by atoms with Crippen molar-refractivity contribution in [3.05, 3.63) is 34.9 Å². The molecule has 2 heterocycles. The molecule has 1 aromatic rings. The summed E-state index contributed by atoms with van der Waals surface area (Å²) in [5, 5.41) is 3.61. The van der Waals surface area contributed by atoms with Crippen molar-refractivity contribution < 1.29 is 14.4 Å². The SMILES string of the molecule is O=C(CN1CCN(C(=O)C2CCCN(C(=O)c3ccc(Cl)cc3)C2)CC1)NC1CC1. The Balaban J connectivity index is 1.26. The van der Waals surface area contributed by atoms with Gasteiger partial charge >= 0.3 is 0 Å². The van der Waals surface area contributed by atoms with E-state index in [0.717, 1.165) is 25.7 Å². The molecule has 7 nitrogen and oxygen atoms in total. The van der Waals surface area contributed by atoms with E-state index in [1.165, 1.54) is 0 Å². The van der Waals surface area contributed by atoms with Gasteiger partial charge in [0.05, 0.1) is 12.5 Å². The van der Waals surface area contributed by atoms with Crippen LogP contribution in [0.4, 0.5) is 0 Å². The number of piperazine rings is 1. The molecule has 3 fully saturated rings. The summed E-state index contributed by atoms with van der Waals surface area (Å²) in [5.74, 6) is 0.0157. The van der Waals surface area contributed by atoms with Crippen LogP contribution in [0.3, 0.4) is 0 Å². The number of rotatable bonds is 5. The fourth-order valence-electron chi connectivity index (χ4n) is 4.23. The molecule has 3 amide bonds. The zero-order chi connectivity index (χ0) is 21.1. The van der Waals surface area contributed by atoms with Gasteiger partial charge in [-0.05, 0) is 49.9 Å². The van der Waals surface area contributed by atoms with E-state index in [0.29, 0.717) is 62.4 Å². The number of carbonyl (C=O) groups is 3. The quantitative estimate of drug-likeness (QED) is 0.767. The third-order valence-corrected chi connectivity index (χ3v) is 6.39. The molecule has 0 radical (unpaired) electrons. The highest BCUT2D eigenvalue weighted by Crippen LogP contribution is 2.22. The van der Waals surface area contributed by atoms with Crippen LogP contribution < -0.4 is 5.32 Å². The van der Waals surface area contributed by atoms with Crippen molar-refractivity contribution in [1.29, 1.82) is 0 Å². The number of likely N-dealkylation sites (tertiary alicyclic amines) is 1. The molecule has 0 spiro atoms. The molecule has 1 saturated carbocycles.